The number of unbranched alkanes of at least 4 members (excludes halogenated alkanes) is 1. The van der Waals surface area contributed by atoms with Gasteiger partial charge in [-0.1, -0.05) is 26.7 Å². The number of amides is 2. The summed E-state index contributed by atoms with van der Waals surface area (Å²) in [5, 5.41) is 3.24. The molecule has 1 unspecified atom stereocenters. The Morgan fingerprint density at radius 3 is 2.61 bits per heavy atom. The zero-order chi connectivity index (χ0) is 13.1. The molecular formula is C14H24N2O2. The highest BCUT2D eigenvalue weighted by molar-refractivity contribution is 6.06. The Morgan fingerprint density at radius 1 is 1.28 bits per heavy atom. The Morgan fingerprint density at radius 2 is 2.00 bits per heavy atom. The van der Waals surface area contributed by atoms with E-state index in [0.717, 1.165) is 31.7 Å². The molecule has 0 radical (unpaired) electrons. The van der Waals surface area contributed by atoms with Crippen LogP contribution in [0, 0.1) is 5.92 Å². The molecule has 1 saturated heterocycles. The van der Waals surface area contributed by atoms with Crippen LogP contribution in [-0.4, -0.2) is 35.3 Å². The average Bonchev–Trinajstić information content (AvgIpc) is 3.07. The molecule has 0 aromatic rings. The van der Waals surface area contributed by atoms with Gasteiger partial charge in [-0.25, -0.2) is 0 Å². The highest BCUT2D eigenvalue weighted by Gasteiger charge is 2.45. The fourth-order valence-corrected chi connectivity index (χ4v) is 2.48. The summed E-state index contributed by atoms with van der Waals surface area (Å²) in [6, 6.07) is -0.0325. The van der Waals surface area contributed by atoms with E-state index >= 15 is 0 Å². The van der Waals surface area contributed by atoms with Crippen molar-refractivity contribution in [2.45, 2.75) is 64.5 Å². The van der Waals surface area contributed by atoms with Gasteiger partial charge in [-0.3, -0.25) is 14.5 Å². The number of hydrogen-bond acceptors (Lipinski definition) is 3. The number of likely N-dealkylation sites (tertiary alicyclic amines) is 1. The van der Waals surface area contributed by atoms with Crippen molar-refractivity contribution in [1.82, 2.24) is 10.2 Å². The Kier molecular flexibility index (Phi) is 4.38. The number of rotatable bonds is 7. The molecule has 0 aromatic heterocycles. The van der Waals surface area contributed by atoms with Crippen LogP contribution in [0.25, 0.3) is 0 Å². The molecule has 1 N–H and O–H groups in total. The van der Waals surface area contributed by atoms with Gasteiger partial charge in [0.1, 0.15) is 0 Å². The summed E-state index contributed by atoms with van der Waals surface area (Å²) in [5.74, 6) is 0.763. The molecule has 2 rings (SSSR count). The molecule has 2 fully saturated rings. The summed E-state index contributed by atoms with van der Waals surface area (Å²) >= 11 is 0. The van der Waals surface area contributed by atoms with E-state index in [1.165, 1.54) is 17.7 Å². The predicted octanol–water partition coefficient (Wildman–Crippen LogP) is 1.69. The first-order chi connectivity index (χ1) is 8.59. The van der Waals surface area contributed by atoms with Crippen molar-refractivity contribution in [3.63, 3.8) is 0 Å². The maximum atomic E-state index is 12.0. The number of nitrogens with one attached hydrogen (secondary N) is 1. The minimum atomic E-state index is -0.253. The SMILES string of the molecule is CC(C)CCCCNC1CC(=O)N(C2CC2)C1=O. The van der Waals surface area contributed by atoms with Gasteiger partial charge in [0.15, 0.2) is 0 Å². The van der Waals surface area contributed by atoms with Crippen molar-refractivity contribution in [2.24, 2.45) is 5.92 Å². The van der Waals surface area contributed by atoms with Crippen molar-refractivity contribution in [2.75, 3.05) is 6.54 Å². The Labute approximate surface area is 109 Å². The third-order valence-corrected chi connectivity index (χ3v) is 3.69. The fourth-order valence-electron chi connectivity index (χ4n) is 2.48. The van der Waals surface area contributed by atoms with Gasteiger partial charge in [0, 0.05) is 6.04 Å². The molecule has 18 heavy (non-hydrogen) atoms. The Hall–Kier alpha value is -0.900. The van der Waals surface area contributed by atoms with Gasteiger partial charge < -0.3 is 5.32 Å². The monoisotopic (exact) mass is 252 g/mol. The van der Waals surface area contributed by atoms with Crippen LogP contribution in [0.5, 0.6) is 0 Å². The molecule has 102 valence electrons. The first-order valence-corrected chi connectivity index (χ1v) is 7.19. The Bertz CT molecular complexity index is 324. The zero-order valence-corrected chi connectivity index (χ0v) is 11.4. The maximum absolute atomic E-state index is 12.0. The lowest BCUT2D eigenvalue weighted by atomic mass is 10.1. The molecule has 2 amide bonds. The molecule has 4 nitrogen and oxygen atoms in total. The van der Waals surface area contributed by atoms with Crippen LogP contribution in [-0.2, 0) is 9.59 Å². The molecule has 1 atom stereocenters. The van der Waals surface area contributed by atoms with Gasteiger partial charge in [-0.05, 0) is 31.7 Å². The molecule has 1 saturated carbocycles. The minimum Gasteiger partial charge on any atom is -0.305 e. The van der Waals surface area contributed by atoms with E-state index in [2.05, 4.69) is 19.2 Å². The second-order valence-corrected chi connectivity index (χ2v) is 5.93. The summed E-state index contributed by atoms with van der Waals surface area (Å²) in [4.78, 5) is 25.2. The summed E-state index contributed by atoms with van der Waals surface area (Å²) in [6.45, 7) is 5.29. The summed E-state index contributed by atoms with van der Waals surface area (Å²) in [7, 11) is 0. The lowest BCUT2D eigenvalue weighted by Crippen LogP contribution is -2.40. The highest BCUT2D eigenvalue weighted by Crippen LogP contribution is 2.31. The fraction of sp³-hybridized carbons (Fsp3) is 0.857. The normalized spacial score (nSPS) is 24.4. The van der Waals surface area contributed by atoms with Gasteiger partial charge in [0.25, 0.3) is 0 Å². The third kappa shape index (κ3) is 3.31. The van der Waals surface area contributed by atoms with E-state index in [-0.39, 0.29) is 23.9 Å². The van der Waals surface area contributed by atoms with Crippen molar-refractivity contribution < 1.29 is 9.59 Å². The average molecular weight is 252 g/mol. The quantitative estimate of drug-likeness (QED) is 0.554. The van der Waals surface area contributed by atoms with Crippen molar-refractivity contribution in [1.29, 1.82) is 0 Å². The number of imide groups is 1. The van der Waals surface area contributed by atoms with Crippen molar-refractivity contribution in [3.05, 3.63) is 0 Å². The van der Waals surface area contributed by atoms with Crippen LogP contribution in [0.2, 0.25) is 0 Å². The molecule has 1 aliphatic heterocycles. The lowest BCUT2D eigenvalue weighted by molar-refractivity contribution is -0.139. The third-order valence-electron chi connectivity index (χ3n) is 3.69. The smallest absolute Gasteiger partial charge is 0.247 e. The van der Waals surface area contributed by atoms with E-state index in [1.54, 1.807) is 0 Å². The highest BCUT2D eigenvalue weighted by atomic mass is 16.2. The number of nitrogens with zero attached hydrogens (tertiary/aromatic N) is 1. The van der Waals surface area contributed by atoms with Gasteiger partial charge in [-0.2, -0.15) is 0 Å². The van der Waals surface area contributed by atoms with Gasteiger partial charge in [-0.15, -0.1) is 0 Å². The first kappa shape index (κ1) is 13.5. The molecule has 1 aliphatic carbocycles. The van der Waals surface area contributed by atoms with Crippen molar-refractivity contribution in [3.8, 4) is 0 Å². The Balaban J connectivity index is 1.67. The minimum absolute atomic E-state index is 0.00589. The second-order valence-electron chi connectivity index (χ2n) is 5.93. The van der Waals surface area contributed by atoms with Crippen molar-refractivity contribution >= 4 is 11.8 Å². The summed E-state index contributed by atoms with van der Waals surface area (Å²) in [5.41, 5.74) is 0. The van der Waals surface area contributed by atoms with E-state index in [4.69, 9.17) is 0 Å². The molecule has 4 heteroatoms. The van der Waals surface area contributed by atoms with Gasteiger partial charge in [0.05, 0.1) is 12.5 Å². The summed E-state index contributed by atoms with van der Waals surface area (Å²) in [6.07, 6.45) is 5.86. The largest absolute Gasteiger partial charge is 0.305 e. The molecule has 2 aliphatic rings. The first-order valence-electron chi connectivity index (χ1n) is 7.19. The van der Waals surface area contributed by atoms with E-state index < -0.39 is 0 Å². The topological polar surface area (TPSA) is 49.4 Å². The van der Waals surface area contributed by atoms with E-state index in [1.807, 2.05) is 0 Å². The van der Waals surface area contributed by atoms with Gasteiger partial charge >= 0.3 is 0 Å². The predicted molar refractivity (Wildman–Crippen MR) is 70.0 cm³/mol. The lowest BCUT2D eigenvalue weighted by Gasteiger charge is -2.14. The summed E-state index contributed by atoms with van der Waals surface area (Å²) < 4.78 is 0. The molecule has 0 aromatic carbocycles. The van der Waals surface area contributed by atoms with Crippen LogP contribution < -0.4 is 5.32 Å². The van der Waals surface area contributed by atoms with Crippen LogP contribution >= 0.6 is 0 Å². The van der Waals surface area contributed by atoms with Crippen LogP contribution in [0.1, 0.15) is 52.4 Å². The number of carbonyl (C=O) groups is 2. The molecule has 1 heterocycles. The van der Waals surface area contributed by atoms with Crippen LogP contribution in [0.15, 0.2) is 0 Å². The second kappa shape index (κ2) is 5.83. The number of carbonyl (C=O) groups excluding carboxylic acids is 2. The molecule has 0 spiro atoms. The zero-order valence-electron chi connectivity index (χ0n) is 11.4. The molecule has 0 bridgehead atoms. The molecular weight excluding hydrogens is 228 g/mol. The van der Waals surface area contributed by atoms with Crippen LogP contribution in [0.4, 0.5) is 0 Å². The maximum Gasteiger partial charge on any atom is 0.247 e. The van der Waals surface area contributed by atoms with E-state index in [9.17, 15) is 9.59 Å². The standard InChI is InChI=1S/C14H24N2O2/c1-10(2)5-3-4-8-15-12-9-13(17)16(14(12)18)11-6-7-11/h10-12,15H,3-9H2,1-2H3. The van der Waals surface area contributed by atoms with Gasteiger partial charge in [0.2, 0.25) is 11.8 Å². The van der Waals surface area contributed by atoms with E-state index in [0.29, 0.717) is 6.42 Å². The number of hydrogen-bond donors (Lipinski definition) is 1. The van der Waals surface area contributed by atoms with Crippen LogP contribution in [0.3, 0.4) is 0 Å².